The van der Waals surface area contributed by atoms with Gasteiger partial charge in [-0.25, -0.2) is 4.98 Å². The van der Waals surface area contributed by atoms with Crippen LogP contribution < -0.4 is 11.1 Å². The van der Waals surface area contributed by atoms with Crippen LogP contribution in [-0.4, -0.2) is 33.6 Å². The normalized spacial score (nSPS) is 14.3. The molecule has 3 rings (SSSR count). The first-order valence-corrected chi connectivity index (χ1v) is 9.12. The van der Waals surface area contributed by atoms with E-state index in [1.807, 2.05) is 0 Å². The van der Waals surface area contributed by atoms with E-state index in [0.717, 1.165) is 0 Å². The van der Waals surface area contributed by atoms with Crippen LogP contribution in [0.4, 0.5) is 13.2 Å². The number of aromatic nitrogens is 3. The number of fused-ring (bicyclic) bond motifs is 1. The van der Waals surface area contributed by atoms with E-state index in [9.17, 15) is 18.0 Å². The number of hydrogen-bond donors (Lipinski definition) is 3. The second-order valence-corrected chi connectivity index (χ2v) is 7.45. The Balaban J connectivity index is 2.13. The zero-order valence-corrected chi connectivity index (χ0v) is 16.4. The van der Waals surface area contributed by atoms with Gasteiger partial charge < -0.3 is 10.7 Å². The maximum absolute atomic E-state index is 12.9. The van der Waals surface area contributed by atoms with Gasteiger partial charge in [-0.1, -0.05) is 25.4 Å². The largest absolute Gasteiger partial charge is 0.401 e. The Labute approximate surface area is 169 Å². The second kappa shape index (κ2) is 7.64. The first-order valence-electron chi connectivity index (χ1n) is 8.75. The van der Waals surface area contributed by atoms with Crippen molar-refractivity contribution in [2.45, 2.75) is 25.6 Å². The third-order valence-electron chi connectivity index (χ3n) is 4.82. The van der Waals surface area contributed by atoms with E-state index in [-0.39, 0.29) is 5.56 Å². The fraction of sp³-hybridized carbons (Fsp3) is 0.316. The fourth-order valence-corrected chi connectivity index (χ4v) is 3.57. The van der Waals surface area contributed by atoms with Crippen molar-refractivity contribution in [1.82, 2.24) is 20.3 Å². The van der Waals surface area contributed by atoms with E-state index in [1.165, 1.54) is 12.4 Å². The standard InChI is InChI=1S/C19H19ClF3N5O/c1-10(2)19(17(24)29,28-9-18(21,22)23)12-3-11(5-25-6-12)15-8-27-16-14(15)4-13(20)7-26-16/h3-8,10,28H,9H2,1-2H3,(H2,24,29)(H,26,27)/t19-/m1/s1. The van der Waals surface area contributed by atoms with Crippen molar-refractivity contribution < 1.29 is 18.0 Å². The van der Waals surface area contributed by atoms with Gasteiger partial charge in [0.05, 0.1) is 11.6 Å². The molecule has 0 fully saturated rings. The van der Waals surface area contributed by atoms with Gasteiger partial charge in [-0.2, -0.15) is 13.2 Å². The molecule has 3 aromatic heterocycles. The number of nitrogens with zero attached hydrogens (tertiary/aromatic N) is 2. The summed E-state index contributed by atoms with van der Waals surface area (Å²) < 4.78 is 38.7. The number of rotatable bonds is 6. The number of aromatic amines is 1. The minimum atomic E-state index is -4.51. The predicted octanol–water partition coefficient (Wildman–Crippen LogP) is 3.77. The summed E-state index contributed by atoms with van der Waals surface area (Å²) >= 11 is 6.04. The molecular weight excluding hydrogens is 407 g/mol. The number of nitrogens with two attached hydrogens (primary N) is 1. The van der Waals surface area contributed by atoms with Crippen LogP contribution in [-0.2, 0) is 10.3 Å². The molecular formula is C19H19ClF3N5O. The smallest absolute Gasteiger partial charge is 0.368 e. The number of nitrogens with one attached hydrogen (secondary N) is 2. The molecule has 0 bridgehead atoms. The summed E-state index contributed by atoms with van der Waals surface area (Å²) in [6.45, 7) is 1.87. The van der Waals surface area contributed by atoms with Crippen LogP contribution in [0, 0.1) is 5.92 Å². The number of carbonyl (C=O) groups excluding carboxylic acids is 1. The van der Waals surface area contributed by atoms with Crippen molar-refractivity contribution in [3.8, 4) is 11.1 Å². The van der Waals surface area contributed by atoms with E-state index in [1.54, 1.807) is 38.4 Å². The van der Waals surface area contributed by atoms with Crippen molar-refractivity contribution in [2.75, 3.05) is 6.54 Å². The maximum Gasteiger partial charge on any atom is 0.401 e. The summed E-state index contributed by atoms with van der Waals surface area (Å²) in [7, 11) is 0. The lowest BCUT2D eigenvalue weighted by Crippen LogP contribution is -2.58. The van der Waals surface area contributed by atoms with Gasteiger partial charge in [-0.3, -0.25) is 15.1 Å². The molecule has 0 aliphatic rings. The van der Waals surface area contributed by atoms with Gasteiger partial charge in [-0.15, -0.1) is 0 Å². The first kappa shape index (κ1) is 21.1. The lowest BCUT2D eigenvalue weighted by atomic mass is 9.79. The van der Waals surface area contributed by atoms with Crippen molar-refractivity contribution >= 4 is 28.5 Å². The molecule has 6 nitrogen and oxygen atoms in total. The molecule has 0 aliphatic heterocycles. The first-order chi connectivity index (χ1) is 13.5. The molecule has 0 saturated heterocycles. The van der Waals surface area contributed by atoms with Crippen molar-refractivity contribution in [2.24, 2.45) is 11.7 Å². The van der Waals surface area contributed by atoms with Crippen LogP contribution in [0.2, 0.25) is 5.02 Å². The summed E-state index contributed by atoms with van der Waals surface area (Å²) in [5.74, 6) is -1.49. The van der Waals surface area contributed by atoms with E-state index < -0.39 is 30.1 Å². The van der Waals surface area contributed by atoms with Gasteiger partial charge in [0.15, 0.2) is 0 Å². The number of hydrogen-bond acceptors (Lipinski definition) is 4. The molecule has 0 unspecified atom stereocenters. The molecule has 154 valence electrons. The Morgan fingerprint density at radius 3 is 2.62 bits per heavy atom. The highest BCUT2D eigenvalue weighted by Gasteiger charge is 2.44. The summed E-state index contributed by atoms with van der Waals surface area (Å²) in [5.41, 5.74) is 5.95. The SMILES string of the molecule is CC(C)[C@](NCC(F)(F)F)(C(N)=O)c1cncc(-c2c[nH]c3ncc(Cl)cc23)c1. The van der Waals surface area contributed by atoms with E-state index in [2.05, 4.69) is 20.3 Å². The average Bonchev–Trinajstić information content (AvgIpc) is 3.04. The Hall–Kier alpha value is -2.65. The van der Waals surface area contributed by atoms with Crippen molar-refractivity contribution in [3.63, 3.8) is 0 Å². The highest BCUT2D eigenvalue weighted by molar-refractivity contribution is 6.31. The van der Waals surface area contributed by atoms with E-state index >= 15 is 0 Å². The highest BCUT2D eigenvalue weighted by Crippen LogP contribution is 2.35. The molecule has 0 aromatic carbocycles. The van der Waals surface area contributed by atoms with Gasteiger partial charge >= 0.3 is 6.18 Å². The number of H-pyrrole nitrogens is 1. The monoisotopic (exact) mass is 425 g/mol. The molecule has 0 radical (unpaired) electrons. The van der Waals surface area contributed by atoms with Crippen LogP contribution in [0.15, 0.2) is 36.9 Å². The number of primary amides is 1. The Morgan fingerprint density at radius 2 is 2.00 bits per heavy atom. The van der Waals surface area contributed by atoms with E-state index in [0.29, 0.717) is 27.2 Å². The van der Waals surface area contributed by atoms with Gasteiger partial charge in [-0.05, 0) is 18.1 Å². The van der Waals surface area contributed by atoms with Crippen LogP contribution in [0.5, 0.6) is 0 Å². The molecule has 3 aromatic rings. The fourth-order valence-electron chi connectivity index (χ4n) is 3.41. The quantitative estimate of drug-likeness (QED) is 0.560. The minimum Gasteiger partial charge on any atom is -0.368 e. The van der Waals surface area contributed by atoms with Gasteiger partial charge in [0.1, 0.15) is 11.2 Å². The summed E-state index contributed by atoms with van der Waals surface area (Å²) in [6.07, 6.45) is 1.57. The summed E-state index contributed by atoms with van der Waals surface area (Å²) in [5, 5.41) is 3.48. The summed E-state index contributed by atoms with van der Waals surface area (Å²) in [4.78, 5) is 23.7. The van der Waals surface area contributed by atoms with Crippen LogP contribution >= 0.6 is 11.6 Å². The van der Waals surface area contributed by atoms with Crippen molar-refractivity contribution in [3.05, 3.63) is 47.5 Å². The lowest BCUT2D eigenvalue weighted by molar-refractivity contribution is -0.139. The Bertz CT molecular complexity index is 1050. The highest BCUT2D eigenvalue weighted by atomic mass is 35.5. The molecule has 1 atom stereocenters. The maximum atomic E-state index is 12.9. The summed E-state index contributed by atoms with van der Waals surface area (Å²) in [6, 6.07) is 3.32. The lowest BCUT2D eigenvalue weighted by Gasteiger charge is -2.36. The number of amides is 1. The van der Waals surface area contributed by atoms with Gasteiger partial charge in [0, 0.05) is 46.9 Å². The Kier molecular flexibility index (Phi) is 5.55. The predicted molar refractivity (Wildman–Crippen MR) is 104 cm³/mol. The molecule has 1 amide bonds. The van der Waals surface area contributed by atoms with Crippen LogP contribution in [0.25, 0.3) is 22.2 Å². The van der Waals surface area contributed by atoms with Crippen molar-refractivity contribution in [1.29, 1.82) is 0 Å². The molecule has 29 heavy (non-hydrogen) atoms. The molecule has 0 aliphatic carbocycles. The second-order valence-electron chi connectivity index (χ2n) is 7.01. The minimum absolute atomic E-state index is 0.242. The zero-order chi connectivity index (χ0) is 21.4. The third-order valence-corrected chi connectivity index (χ3v) is 5.03. The van der Waals surface area contributed by atoms with Gasteiger partial charge in [0.2, 0.25) is 5.91 Å². The molecule has 3 heterocycles. The number of alkyl halides is 3. The van der Waals surface area contributed by atoms with Gasteiger partial charge in [0.25, 0.3) is 0 Å². The topological polar surface area (TPSA) is 96.7 Å². The number of carbonyl (C=O) groups is 1. The zero-order valence-electron chi connectivity index (χ0n) is 15.6. The molecule has 4 N–H and O–H groups in total. The molecule has 10 heteroatoms. The Morgan fingerprint density at radius 1 is 1.28 bits per heavy atom. The average molecular weight is 426 g/mol. The van der Waals surface area contributed by atoms with Crippen LogP contribution in [0.1, 0.15) is 19.4 Å². The third kappa shape index (κ3) is 4.06. The molecule has 0 spiro atoms. The van der Waals surface area contributed by atoms with Crippen LogP contribution in [0.3, 0.4) is 0 Å². The van der Waals surface area contributed by atoms with E-state index in [4.69, 9.17) is 17.3 Å². The number of pyridine rings is 2. The number of halogens is 4. The molecule has 0 saturated carbocycles.